The van der Waals surface area contributed by atoms with Crippen LogP contribution in [0.2, 0.25) is 5.54 Å². The predicted octanol–water partition coefficient (Wildman–Crippen LogP) is 3.88. The van der Waals surface area contributed by atoms with Crippen molar-refractivity contribution in [3.63, 3.8) is 0 Å². The molecule has 0 saturated carbocycles. The van der Waals surface area contributed by atoms with Crippen molar-refractivity contribution in [2.75, 3.05) is 0 Å². The molecular formula is C13H24Si. The van der Waals surface area contributed by atoms with Gasteiger partial charge in [-0.2, -0.15) is 0 Å². The maximum atomic E-state index is 2.47. The Morgan fingerprint density at radius 2 is 1.14 bits per heavy atom. The molecule has 0 unspecified atom stereocenters. The van der Waals surface area contributed by atoms with Gasteiger partial charge < -0.3 is 0 Å². The third-order valence-electron chi connectivity index (χ3n) is 3.03. The van der Waals surface area contributed by atoms with Crippen LogP contribution >= 0.6 is 0 Å². The van der Waals surface area contributed by atoms with Crippen LogP contribution in [0.4, 0.5) is 0 Å². The Morgan fingerprint density at radius 3 is 1.43 bits per heavy atom. The Kier molecular flexibility index (Phi) is 3.10. The third kappa shape index (κ3) is 2.60. The summed E-state index contributed by atoms with van der Waals surface area (Å²) < 4.78 is 0. The zero-order valence-electron chi connectivity index (χ0n) is 10.5. The van der Waals surface area contributed by atoms with E-state index in [-0.39, 0.29) is 0 Å². The second-order valence-corrected chi connectivity index (χ2v) is 9.15. The van der Waals surface area contributed by atoms with Gasteiger partial charge in [-0.05, 0) is 16.4 Å². The second kappa shape index (κ2) is 3.69. The Hall–Kier alpha value is -0.303. The van der Waals surface area contributed by atoms with E-state index in [9.17, 15) is 0 Å². The molecular weight excluding hydrogens is 184 g/mol. The minimum Gasteiger partial charge on any atom is -0.0932 e. The Bertz CT molecular complexity index is 221. The molecule has 1 aliphatic rings. The summed E-state index contributed by atoms with van der Waals surface area (Å²) in [6, 6.07) is 0. The van der Waals surface area contributed by atoms with Crippen LogP contribution in [0.25, 0.3) is 0 Å². The molecule has 0 fully saturated rings. The fourth-order valence-corrected chi connectivity index (χ4v) is 6.78. The highest BCUT2D eigenvalue weighted by molar-refractivity contribution is 6.72. The average molecular weight is 208 g/mol. The number of rotatable bonds is 1. The molecule has 0 bridgehead atoms. The topological polar surface area (TPSA) is 0 Å². The van der Waals surface area contributed by atoms with E-state index in [1.165, 1.54) is 0 Å². The molecule has 0 nitrogen and oxygen atoms in total. The molecule has 0 aromatic rings. The summed E-state index contributed by atoms with van der Waals surface area (Å²) in [5, 5.41) is 0. The summed E-state index contributed by atoms with van der Waals surface area (Å²) in [5.74, 6) is 0. The van der Waals surface area contributed by atoms with Crippen molar-refractivity contribution in [3.05, 3.63) is 23.6 Å². The Labute approximate surface area is 90.7 Å². The van der Waals surface area contributed by atoms with Gasteiger partial charge in [0, 0.05) is 0 Å². The van der Waals surface area contributed by atoms with Gasteiger partial charge in [0.05, 0.1) is 8.80 Å². The van der Waals surface area contributed by atoms with Crippen LogP contribution in [0, 0.1) is 10.8 Å². The van der Waals surface area contributed by atoms with Crippen LogP contribution in [0.5, 0.6) is 0 Å². The summed E-state index contributed by atoms with van der Waals surface area (Å²) in [6.45, 7) is 14.3. The minimum absolute atomic E-state index is 0.425. The molecule has 0 aromatic carbocycles. The zero-order valence-corrected chi connectivity index (χ0v) is 11.6. The van der Waals surface area contributed by atoms with Gasteiger partial charge in [-0.25, -0.2) is 0 Å². The van der Waals surface area contributed by atoms with E-state index in [4.69, 9.17) is 0 Å². The lowest BCUT2D eigenvalue weighted by molar-refractivity contribution is 0.231. The highest BCUT2D eigenvalue weighted by Crippen LogP contribution is 2.47. The van der Waals surface area contributed by atoms with E-state index in [1.54, 1.807) is 0 Å². The Balaban J connectivity index is 2.94. The molecule has 1 heteroatoms. The second-order valence-electron chi connectivity index (χ2n) is 6.56. The summed E-state index contributed by atoms with van der Waals surface area (Å²) in [4.78, 5) is 0. The van der Waals surface area contributed by atoms with Crippen LogP contribution in [-0.2, 0) is 0 Å². The number of hydrogen-bond donors (Lipinski definition) is 0. The maximum Gasteiger partial charge on any atom is 0.0892 e. The minimum atomic E-state index is -0.807. The van der Waals surface area contributed by atoms with Crippen LogP contribution in [0.15, 0.2) is 23.6 Å². The zero-order chi connectivity index (χ0) is 11.0. The van der Waals surface area contributed by atoms with Crippen LogP contribution in [0.1, 0.15) is 41.5 Å². The standard InChI is InChI=1S/C13H24Si/c1-12(2,3)11(13(4,5)6)14-9-7-8-10-14/h7-11,14H,1-6H3. The third-order valence-corrected chi connectivity index (χ3v) is 7.13. The normalized spacial score (nSPS) is 18.5. The van der Waals surface area contributed by atoms with Crippen molar-refractivity contribution in [2.24, 2.45) is 10.8 Å². The van der Waals surface area contributed by atoms with Gasteiger partial charge in [-0.15, -0.1) is 0 Å². The molecule has 1 aliphatic heterocycles. The first-order chi connectivity index (χ1) is 6.23. The molecule has 0 atom stereocenters. The first kappa shape index (κ1) is 11.8. The first-order valence-corrected chi connectivity index (χ1v) is 7.58. The van der Waals surface area contributed by atoms with E-state index in [2.05, 4.69) is 65.1 Å². The summed E-state index contributed by atoms with van der Waals surface area (Å²) in [5.41, 5.74) is 6.63. The summed E-state index contributed by atoms with van der Waals surface area (Å²) >= 11 is 0. The first-order valence-electron chi connectivity index (χ1n) is 5.58. The Morgan fingerprint density at radius 1 is 0.786 bits per heavy atom. The molecule has 0 aromatic heterocycles. The maximum absolute atomic E-state index is 2.47. The van der Waals surface area contributed by atoms with E-state index < -0.39 is 8.80 Å². The van der Waals surface area contributed by atoms with E-state index in [0.717, 1.165) is 5.54 Å². The number of allylic oxidation sites excluding steroid dienone is 2. The lowest BCUT2D eigenvalue weighted by atomic mass is 9.77. The van der Waals surface area contributed by atoms with Gasteiger partial charge in [0.2, 0.25) is 0 Å². The summed E-state index contributed by atoms with van der Waals surface area (Å²) in [7, 11) is -0.807. The quantitative estimate of drug-likeness (QED) is 0.574. The fraction of sp³-hybridized carbons (Fsp3) is 0.692. The molecule has 1 rings (SSSR count). The van der Waals surface area contributed by atoms with Gasteiger partial charge in [-0.1, -0.05) is 65.1 Å². The van der Waals surface area contributed by atoms with Crippen molar-refractivity contribution in [1.29, 1.82) is 0 Å². The molecule has 0 N–H and O–H groups in total. The average Bonchev–Trinajstić information content (AvgIpc) is 2.31. The molecule has 0 aliphatic carbocycles. The highest BCUT2D eigenvalue weighted by atomic mass is 28.3. The van der Waals surface area contributed by atoms with E-state index >= 15 is 0 Å². The van der Waals surface area contributed by atoms with Crippen LogP contribution in [-0.4, -0.2) is 8.80 Å². The van der Waals surface area contributed by atoms with Crippen LogP contribution in [0.3, 0.4) is 0 Å². The lowest BCUT2D eigenvalue weighted by Gasteiger charge is -2.43. The summed E-state index contributed by atoms with van der Waals surface area (Å²) in [6.07, 6.45) is 4.47. The largest absolute Gasteiger partial charge is 0.0932 e. The molecule has 0 amide bonds. The van der Waals surface area contributed by atoms with Gasteiger partial charge in [0.15, 0.2) is 0 Å². The molecule has 80 valence electrons. The van der Waals surface area contributed by atoms with Gasteiger partial charge in [-0.3, -0.25) is 0 Å². The van der Waals surface area contributed by atoms with Crippen molar-refractivity contribution in [2.45, 2.75) is 47.1 Å². The lowest BCUT2D eigenvalue weighted by Crippen LogP contribution is -2.36. The SMILES string of the molecule is CC(C)(C)C([SiH]1C=CC=C1)C(C)(C)C. The van der Waals surface area contributed by atoms with Crippen molar-refractivity contribution in [1.82, 2.24) is 0 Å². The monoisotopic (exact) mass is 208 g/mol. The molecule has 0 saturated heterocycles. The van der Waals surface area contributed by atoms with Gasteiger partial charge in [0.25, 0.3) is 0 Å². The molecule has 14 heavy (non-hydrogen) atoms. The molecule has 1 heterocycles. The van der Waals surface area contributed by atoms with Crippen molar-refractivity contribution in [3.8, 4) is 0 Å². The molecule has 0 radical (unpaired) electrons. The van der Waals surface area contributed by atoms with Crippen LogP contribution < -0.4 is 0 Å². The predicted molar refractivity (Wildman–Crippen MR) is 68.1 cm³/mol. The molecule has 0 spiro atoms. The van der Waals surface area contributed by atoms with Gasteiger partial charge in [0.1, 0.15) is 0 Å². The highest BCUT2D eigenvalue weighted by Gasteiger charge is 2.39. The van der Waals surface area contributed by atoms with Gasteiger partial charge >= 0.3 is 0 Å². The van der Waals surface area contributed by atoms with Crippen molar-refractivity contribution < 1.29 is 0 Å². The van der Waals surface area contributed by atoms with E-state index in [0.29, 0.717) is 10.8 Å². The van der Waals surface area contributed by atoms with Crippen molar-refractivity contribution >= 4 is 8.80 Å². The number of hydrogen-bond acceptors (Lipinski definition) is 0. The smallest absolute Gasteiger partial charge is 0.0892 e. The van der Waals surface area contributed by atoms with E-state index in [1.807, 2.05) is 0 Å². The fourth-order valence-electron chi connectivity index (χ4n) is 3.13.